The Labute approximate surface area is 265 Å². The van der Waals surface area contributed by atoms with Crippen molar-refractivity contribution < 1.29 is 210 Å². The zero-order valence-corrected chi connectivity index (χ0v) is 28.1. The van der Waals surface area contributed by atoms with Gasteiger partial charge in [-0.3, -0.25) is 8.88 Å². The molecule has 0 aromatic carbocycles. The first-order valence-corrected chi connectivity index (χ1v) is 9.84. The van der Waals surface area contributed by atoms with E-state index >= 15 is 0 Å². The Kier molecular flexibility index (Phi) is 27.8. The molecule has 0 amide bonds. The molecule has 0 aromatic heterocycles. The zero-order valence-electron chi connectivity index (χ0n) is 15.5. The third kappa shape index (κ3) is 18.3. The second kappa shape index (κ2) is 17.7. The van der Waals surface area contributed by atoms with Gasteiger partial charge in [0.15, 0.2) is 0 Å². The summed E-state index contributed by atoms with van der Waals surface area (Å²) in [5, 5.41) is 19.1. The van der Waals surface area contributed by atoms with E-state index < -0.39 is 60.7 Å². The molecular weight excluding hydrogens is 488 g/mol. The maximum Gasteiger partial charge on any atom is 1.00 e. The van der Waals surface area contributed by atoms with Crippen LogP contribution in [0.1, 0.15) is 6.42 Å². The van der Waals surface area contributed by atoms with Crippen LogP contribution in [-0.4, -0.2) is 35.1 Å². The molecule has 0 radical (unpaired) electrons. The second-order valence-electron chi connectivity index (χ2n) is 4.34. The molecule has 1 saturated carbocycles. The molecule has 1 aliphatic carbocycles. The van der Waals surface area contributed by atoms with Crippen LogP contribution in [0.25, 0.3) is 0 Å². The van der Waals surface area contributed by atoms with Crippen LogP contribution in [0.4, 0.5) is 0 Å². The fourth-order valence-corrected chi connectivity index (χ4v) is 3.89. The fraction of sp³-hybridized carbons (Fsp3) is 1.00. The predicted octanol–water partition coefficient (Wildman–Crippen LogP) is -19.7. The van der Waals surface area contributed by atoms with Crippen molar-refractivity contribution in [3.05, 3.63) is 0 Å². The van der Waals surface area contributed by atoms with E-state index in [1.165, 1.54) is 0 Å². The van der Waals surface area contributed by atoms with Crippen molar-refractivity contribution in [3.8, 4) is 0 Å². The molecule has 1 fully saturated rings. The van der Waals surface area contributed by atoms with Crippen molar-refractivity contribution in [2.45, 2.75) is 24.7 Å². The van der Waals surface area contributed by atoms with Gasteiger partial charge in [0.2, 0.25) is 0 Å². The van der Waals surface area contributed by atoms with Gasteiger partial charge in [0.05, 0.1) is 34.5 Å². The van der Waals surface area contributed by atoms with Gasteiger partial charge >= 0.3 is 148 Å². The SMILES string of the molecule is O=P([O-])([O-])OC[C@H]1C[C@H](OP(=O)([O-])OP(=O)([O-])[O-])[C@H](O)[C@@H]1O.[Na+].[Na+].[Na+].[Na+].[Na+]. The first kappa shape index (κ1) is 42.4. The van der Waals surface area contributed by atoms with E-state index in [9.17, 15) is 48.4 Å². The quantitative estimate of drug-likeness (QED) is 0.245. The van der Waals surface area contributed by atoms with Gasteiger partial charge in [-0.05, 0) is 6.42 Å². The van der Waals surface area contributed by atoms with E-state index in [-0.39, 0.29) is 148 Å². The van der Waals surface area contributed by atoms with Crippen LogP contribution in [-0.2, 0) is 27.1 Å². The first-order valence-electron chi connectivity index (χ1n) is 5.46. The summed E-state index contributed by atoms with van der Waals surface area (Å²) in [5.74, 6) is -1.19. The van der Waals surface area contributed by atoms with E-state index in [0.29, 0.717) is 0 Å². The Bertz CT molecular complexity index is 541. The molecule has 0 spiro atoms. The zero-order chi connectivity index (χ0) is 17.3. The second-order valence-corrected chi connectivity index (χ2v) is 8.15. The van der Waals surface area contributed by atoms with Crippen molar-refractivity contribution in [2.24, 2.45) is 5.92 Å². The maximum absolute atomic E-state index is 11.1. The molecular formula is C6H10Na5O13P3. The van der Waals surface area contributed by atoms with E-state index in [0.717, 1.165) is 0 Å². The number of phosphoric ester groups is 2. The average Bonchev–Trinajstić information content (AvgIpc) is 2.49. The van der Waals surface area contributed by atoms with E-state index in [2.05, 4.69) is 13.4 Å². The van der Waals surface area contributed by atoms with Crippen LogP contribution < -0.4 is 172 Å². The Hall–Kier alpha value is 5.29. The number of hydrogen-bond acceptors (Lipinski definition) is 13. The number of rotatable bonds is 7. The minimum absolute atomic E-state index is 0. The summed E-state index contributed by atoms with van der Waals surface area (Å²) < 4.78 is 42.8. The summed E-state index contributed by atoms with van der Waals surface area (Å²) in [4.78, 5) is 52.1. The van der Waals surface area contributed by atoms with Gasteiger partial charge in [-0.25, -0.2) is 0 Å². The van der Waals surface area contributed by atoms with Crippen LogP contribution in [0, 0.1) is 5.92 Å². The van der Waals surface area contributed by atoms with Crippen molar-refractivity contribution >= 4 is 23.5 Å². The minimum Gasteiger partial charge on any atom is -0.790 e. The third-order valence-corrected chi connectivity index (χ3v) is 5.25. The summed E-state index contributed by atoms with van der Waals surface area (Å²) in [6, 6.07) is 0. The molecule has 0 aliphatic heterocycles. The van der Waals surface area contributed by atoms with Gasteiger partial charge in [-0.15, -0.1) is 0 Å². The number of aliphatic hydroxyl groups excluding tert-OH is 2. The largest absolute Gasteiger partial charge is 1.00 e. The normalized spacial score (nSPS) is 26.8. The smallest absolute Gasteiger partial charge is 0.790 e. The molecule has 21 heteroatoms. The predicted molar refractivity (Wildman–Crippen MR) is 54.9 cm³/mol. The van der Waals surface area contributed by atoms with Gasteiger partial charge in [0.1, 0.15) is 6.10 Å². The Morgan fingerprint density at radius 2 is 1.26 bits per heavy atom. The van der Waals surface area contributed by atoms with Crippen LogP contribution in [0.5, 0.6) is 0 Å². The number of hydrogen-bond donors (Lipinski definition) is 2. The van der Waals surface area contributed by atoms with Crippen molar-refractivity contribution in [1.82, 2.24) is 0 Å². The fourth-order valence-electron chi connectivity index (χ4n) is 1.84. The molecule has 0 heterocycles. The maximum atomic E-state index is 11.1. The summed E-state index contributed by atoms with van der Waals surface area (Å²) in [6.45, 7) is -0.853. The van der Waals surface area contributed by atoms with Crippen LogP contribution in [0.3, 0.4) is 0 Å². The molecule has 1 aliphatic rings. The molecule has 0 saturated heterocycles. The van der Waals surface area contributed by atoms with E-state index in [1.54, 1.807) is 0 Å². The molecule has 1 unspecified atom stereocenters. The van der Waals surface area contributed by atoms with Gasteiger partial charge in [0.25, 0.3) is 7.82 Å². The Morgan fingerprint density at radius 1 is 0.815 bits per heavy atom. The Morgan fingerprint density at radius 3 is 1.63 bits per heavy atom. The van der Waals surface area contributed by atoms with Crippen LogP contribution in [0.2, 0.25) is 0 Å². The molecule has 0 aromatic rings. The summed E-state index contributed by atoms with van der Waals surface area (Å²) in [6.07, 6.45) is -5.84. The monoisotopic (exact) mass is 498 g/mol. The van der Waals surface area contributed by atoms with E-state index in [1.807, 2.05) is 0 Å². The van der Waals surface area contributed by atoms with E-state index in [4.69, 9.17) is 0 Å². The van der Waals surface area contributed by atoms with Crippen molar-refractivity contribution in [2.75, 3.05) is 6.61 Å². The molecule has 27 heavy (non-hydrogen) atoms. The minimum atomic E-state index is -5.92. The molecule has 5 atom stereocenters. The summed E-state index contributed by atoms with van der Waals surface area (Å²) >= 11 is 0. The molecule has 0 bridgehead atoms. The summed E-state index contributed by atoms with van der Waals surface area (Å²) in [5.41, 5.74) is 0. The molecule has 13 nitrogen and oxygen atoms in total. The summed E-state index contributed by atoms with van der Waals surface area (Å²) in [7, 11) is -16.9. The third-order valence-electron chi connectivity index (χ3n) is 2.66. The standard InChI is InChI=1S/C6H15O13P3.5Na/c7-5-3(2-17-20(9,10)11)1-4(6(5)8)18-22(15,16)19-21(12,13)14;;;;;/h3-8H,1-2H2,(H,15,16)(H2,9,10,11)(H2,12,13,14);;;;;/q;5*+1/p-5/t3-,4+,5-,6+;;;;;/m1...../s1. The van der Waals surface area contributed by atoms with Crippen LogP contribution in [0.15, 0.2) is 0 Å². The topological polar surface area (TPSA) is 235 Å². The molecule has 2 N–H and O–H groups in total. The van der Waals surface area contributed by atoms with Gasteiger partial charge in [-0.2, -0.15) is 0 Å². The van der Waals surface area contributed by atoms with Gasteiger partial charge in [-0.1, -0.05) is 0 Å². The van der Waals surface area contributed by atoms with Gasteiger partial charge in [0, 0.05) is 5.92 Å². The van der Waals surface area contributed by atoms with Crippen molar-refractivity contribution in [1.29, 1.82) is 0 Å². The van der Waals surface area contributed by atoms with Crippen molar-refractivity contribution in [3.63, 3.8) is 0 Å². The first-order chi connectivity index (χ1) is 9.70. The average molecular weight is 498 g/mol. The van der Waals surface area contributed by atoms with Crippen LogP contribution >= 0.6 is 23.5 Å². The molecule has 132 valence electrons. The molecule has 1 rings (SSSR count). The number of aliphatic hydroxyl groups is 2. The van der Waals surface area contributed by atoms with Gasteiger partial charge < -0.3 is 52.9 Å². The number of phosphoric acid groups is 3. The Balaban J connectivity index is -0.000000323.